The maximum atomic E-state index is 4.75. The van der Waals surface area contributed by atoms with Crippen LogP contribution in [0.1, 0.15) is 38.3 Å². The number of nitrogens with one attached hydrogen (secondary N) is 1. The van der Waals surface area contributed by atoms with Gasteiger partial charge in [-0.25, -0.2) is 4.98 Å². The van der Waals surface area contributed by atoms with Crippen molar-refractivity contribution in [2.45, 2.75) is 45.2 Å². The number of hydrogen-bond acceptors (Lipinski definition) is 4. The summed E-state index contributed by atoms with van der Waals surface area (Å²) in [6.07, 6.45) is 5.38. The van der Waals surface area contributed by atoms with E-state index in [1.54, 1.807) is 11.3 Å². The highest BCUT2D eigenvalue weighted by atomic mass is 32.1. The highest BCUT2D eigenvalue weighted by Crippen LogP contribution is 2.26. The van der Waals surface area contributed by atoms with E-state index < -0.39 is 0 Å². The van der Waals surface area contributed by atoms with Crippen LogP contribution in [0.5, 0.6) is 0 Å². The van der Waals surface area contributed by atoms with E-state index in [0.717, 1.165) is 18.5 Å². The van der Waals surface area contributed by atoms with E-state index in [9.17, 15) is 0 Å². The van der Waals surface area contributed by atoms with E-state index in [4.69, 9.17) is 4.98 Å². The van der Waals surface area contributed by atoms with E-state index in [0.29, 0.717) is 0 Å². The molecular formula is C13H21N3S. The molecule has 1 aromatic heterocycles. The summed E-state index contributed by atoms with van der Waals surface area (Å²) < 4.78 is 0. The Hall–Kier alpha value is -0.610. The van der Waals surface area contributed by atoms with Gasteiger partial charge in [-0.2, -0.15) is 0 Å². The zero-order chi connectivity index (χ0) is 11.7. The lowest BCUT2D eigenvalue weighted by molar-refractivity contribution is 0.446. The van der Waals surface area contributed by atoms with Crippen LogP contribution in [0.4, 0.5) is 5.13 Å². The number of piperidine rings is 1. The van der Waals surface area contributed by atoms with Crippen LogP contribution in [0.2, 0.25) is 0 Å². The number of thiazole rings is 1. The molecule has 1 unspecified atom stereocenters. The van der Waals surface area contributed by atoms with Gasteiger partial charge in [-0.15, -0.1) is 11.3 Å². The molecular weight excluding hydrogens is 230 g/mol. The SMILES string of the molecule is CC1CCCN(c2nc(CNC3CC3)cs2)C1. The molecule has 0 amide bonds. The van der Waals surface area contributed by atoms with Crippen molar-refractivity contribution in [3.63, 3.8) is 0 Å². The standard InChI is InChI=1S/C13H21N3S/c1-10-3-2-6-16(8-10)13-15-12(9-17-13)7-14-11-4-5-11/h9-11,14H,2-8H2,1H3. The topological polar surface area (TPSA) is 28.2 Å². The molecule has 2 aliphatic rings. The lowest BCUT2D eigenvalue weighted by atomic mass is 10.0. The van der Waals surface area contributed by atoms with Crippen LogP contribution in [0.15, 0.2) is 5.38 Å². The number of aromatic nitrogens is 1. The summed E-state index contributed by atoms with van der Waals surface area (Å²) in [6, 6.07) is 0.773. The van der Waals surface area contributed by atoms with Crippen LogP contribution >= 0.6 is 11.3 Å². The molecule has 1 saturated carbocycles. The Balaban J connectivity index is 1.58. The lowest BCUT2D eigenvalue weighted by Gasteiger charge is -2.30. The summed E-state index contributed by atoms with van der Waals surface area (Å²) >= 11 is 1.80. The third-order valence-corrected chi connectivity index (χ3v) is 4.57. The second kappa shape index (κ2) is 4.94. The van der Waals surface area contributed by atoms with Gasteiger partial charge in [-0.05, 0) is 31.6 Å². The minimum absolute atomic E-state index is 0.773. The summed E-state index contributed by atoms with van der Waals surface area (Å²) in [6.45, 7) is 5.66. The third kappa shape index (κ3) is 2.99. The summed E-state index contributed by atoms with van der Waals surface area (Å²) in [7, 11) is 0. The molecule has 1 N–H and O–H groups in total. The summed E-state index contributed by atoms with van der Waals surface area (Å²) in [5.41, 5.74) is 1.22. The Bertz CT molecular complexity index is 372. The van der Waals surface area contributed by atoms with Crippen molar-refractivity contribution >= 4 is 16.5 Å². The molecule has 2 fully saturated rings. The van der Waals surface area contributed by atoms with Gasteiger partial charge in [0.05, 0.1) is 5.69 Å². The largest absolute Gasteiger partial charge is 0.348 e. The number of rotatable bonds is 4. The quantitative estimate of drug-likeness (QED) is 0.891. The molecule has 1 aromatic rings. The van der Waals surface area contributed by atoms with Crippen molar-refractivity contribution in [2.24, 2.45) is 5.92 Å². The van der Waals surface area contributed by atoms with Gasteiger partial charge < -0.3 is 10.2 Å². The second-order valence-electron chi connectivity index (χ2n) is 5.47. The van der Waals surface area contributed by atoms with Crippen molar-refractivity contribution in [3.05, 3.63) is 11.1 Å². The highest BCUT2D eigenvalue weighted by Gasteiger charge is 2.21. The average Bonchev–Trinajstić information content (AvgIpc) is 3.04. The minimum Gasteiger partial charge on any atom is -0.348 e. The van der Waals surface area contributed by atoms with Gasteiger partial charge in [0.25, 0.3) is 0 Å². The van der Waals surface area contributed by atoms with Crippen molar-refractivity contribution < 1.29 is 0 Å². The maximum absolute atomic E-state index is 4.75. The maximum Gasteiger partial charge on any atom is 0.185 e. The Labute approximate surface area is 107 Å². The first kappa shape index (κ1) is 11.5. The second-order valence-corrected chi connectivity index (χ2v) is 6.31. The molecule has 3 rings (SSSR count). The van der Waals surface area contributed by atoms with Crippen molar-refractivity contribution in [2.75, 3.05) is 18.0 Å². The van der Waals surface area contributed by atoms with Crippen LogP contribution in [0, 0.1) is 5.92 Å². The Morgan fingerprint density at radius 1 is 1.47 bits per heavy atom. The molecule has 17 heavy (non-hydrogen) atoms. The van der Waals surface area contributed by atoms with E-state index in [2.05, 4.69) is 22.5 Å². The molecule has 1 aliphatic carbocycles. The third-order valence-electron chi connectivity index (χ3n) is 3.62. The average molecular weight is 251 g/mol. The van der Waals surface area contributed by atoms with Gasteiger partial charge >= 0.3 is 0 Å². The van der Waals surface area contributed by atoms with Crippen LogP contribution in [-0.4, -0.2) is 24.1 Å². The number of anilines is 1. The summed E-state index contributed by atoms with van der Waals surface area (Å²) in [4.78, 5) is 7.21. The smallest absolute Gasteiger partial charge is 0.185 e. The van der Waals surface area contributed by atoms with E-state index in [1.807, 2.05) is 0 Å². The van der Waals surface area contributed by atoms with Crippen LogP contribution in [0.25, 0.3) is 0 Å². The number of nitrogens with zero attached hydrogens (tertiary/aromatic N) is 2. The highest BCUT2D eigenvalue weighted by molar-refractivity contribution is 7.13. The molecule has 1 saturated heterocycles. The fourth-order valence-corrected chi connectivity index (χ4v) is 3.28. The van der Waals surface area contributed by atoms with Gasteiger partial charge in [-0.3, -0.25) is 0 Å². The first-order chi connectivity index (χ1) is 8.31. The zero-order valence-corrected chi connectivity index (χ0v) is 11.3. The zero-order valence-electron chi connectivity index (χ0n) is 10.5. The first-order valence-corrected chi connectivity index (χ1v) is 7.62. The van der Waals surface area contributed by atoms with E-state index in [1.165, 1.54) is 49.6 Å². The van der Waals surface area contributed by atoms with Gasteiger partial charge in [0.15, 0.2) is 5.13 Å². The molecule has 1 aliphatic heterocycles. The monoisotopic (exact) mass is 251 g/mol. The minimum atomic E-state index is 0.773. The van der Waals surface area contributed by atoms with Gasteiger partial charge in [0.1, 0.15) is 0 Å². The van der Waals surface area contributed by atoms with Gasteiger partial charge in [0, 0.05) is 31.1 Å². The summed E-state index contributed by atoms with van der Waals surface area (Å²) in [5, 5.41) is 6.96. The molecule has 4 heteroatoms. The predicted molar refractivity (Wildman–Crippen MR) is 72.6 cm³/mol. The van der Waals surface area contributed by atoms with Crippen LogP contribution in [0.3, 0.4) is 0 Å². The van der Waals surface area contributed by atoms with Crippen LogP contribution < -0.4 is 10.2 Å². The molecule has 0 aromatic carbocycles. The fourth-order valence-electron chi connectivity index (χ4n) is 2.42. The predicted octanol–water partition coefficient (Wildman–Crippen LogP) is 2.63. The Kier molecular flexibility index (Phi) is 3.34. The molecule has 0 bridgehead atoms. The van der Waals surface area contributed by atoms with E-state index >= 15 is 0 Å². The Morgan fingerprint density at radius 3 is 3.12 bits per heavy atom. The summed E-state index contributed by atoms with van der Waals surface area (Å²) in [5.74, 6) is 0.820. The molecule has 2 heterocycles. The van der Waals surface area contributed by atoms with Crippen molar-refractivity contribution in [1.82, 2.24) is 10.3 Å². The van der Waals surface area contributed by atoms with Gasteiger partial charge in [0.2, 0.25) is 0 Å². The van der Waals surface area contributed by atoms with E-state index in [-0.39, 0.29) is 0 Å². The molecule has 0 radical (unpaired) electrons. The molecule has 3 nitrogen and oxygen atoms in total. The Morgan fingerprint density at radius 2 is 2.35 bits per heavy atom. The van der Waals surface area contributed by atoms with Gasteiger partial charge in [-0.1, -0.05) is 6.92 Å². The van der Waals surface area contributed by atoms with Crippen molar-refractivity contribution in [3.8, 4) is 0 Å². The molecule has 94 valence electrons. The first-order valence-electron chi connectivity index (χ1n) is 6.74. The number of hydrogen-bond donors (Lipinski definition) is 1. The fraction of sp³-hybridized carbons (Fsp3) is 0.769. The molecule has 1 atom stereocenters. The van der Waals surface area contributed by atoms with Crippen molar-refractivity contribution in [1.29, 1.82) is 0 Å². The normalized spacial score (nSPS) is 25.2. The molecule has 0 spiro atoms. The lowest BCUT2D eigenvalue weighted by Crippen LogP contribution is -2.34. The van der Waals surface area contributed by atoms with Crippen LogP contribution in [-0.2, 0) is 6.54 Å².